The minimum atomic E-state index is -0.471. The minimum absolute atomic E-state index is 0.0209. The van der Waals surface area contributed by atoms with E-state index in [0.29, 0.717) is 12.0 Å². The minimum Gasteiger partial charge on any atom is -0.460 e. The highest BCUT2D eigenvalue weighted by Crippen LogP contribution is 2.23. The number of β-lactam (4-membered cyclic amide) rings is 1. The number of nitrogens with one attached hydrogen (secondary N) is 1. The van der Waals surface area contributed by atoms with Crippen LogP contribution >= 0.6 is 0 Å². The molecule has 1 fully saturated rings. The highest BCUT2D eigenvalue weighted by atomic mass is 16.5. The van der Waals surface area contributed by atoms with Crippen molar-refractivity contribution in [2.45, 2.75) is 31.8 Å². The molecule has 3 aromatic carbocycles. The quantitative estimate of drug-likeness (QED) is 0.476. The number of carbonyl (C=O) groups excluding carboxylic acids is 3. The Hall–Kier alpha value is -3.67. The largest absolute Gasteiger partial charge is 0.460 e. The highest BCUT2D eigenvalue weighted by molar-refractivity contribution is 6.00. The topological polar surface area (TPSA) is 75.7 Å². The molecule has 0 bridgehead atoms. The third-order valence-corrected chi connectivity index (χ3v) is 5.56. The van der Waals surface area contributed by atoms with Crippen molar-refractivity contribution in [1.82, 2.24) is 10.2 Å². The summed E-state index contributed by atoms with van der Waals surface area (Å²) in [5.74, 6) is -0.742. The lowest BCUT2D eigenvalue weighted by molar-refractivity contribution is -0.142. The Labute approximate surface area is 180 Å². The van der Waals surface area contributed by atoms with Gasteiger partial charge in [-0.2, -0.15) is 0 Å². The molecule has 6 nitrogen and oxygen atoms in total. The van der Waals surface area contributed by atoms with E-state index in [1.807, 2.05) is 67.6 Å². The Balaban J connectivity index is 1.36. The van der Waals surface area contributed by atoms with Crippen LogP contribution in [0.25, 0.3) is 10.8 Å². The smallest absolute Gasteiger partial charge is 0.338 e. The fourth-order valence-corrected chi connectivity index (χ4v) is 3.79. The lowest BCUT2D eigenvalue weighted by atomic mass is 10.0. The van der Waals surface area contributed by atoms with Crippen molar-refractivity contribution in [2.24, 2.45) is 0 Å². The average Bonchev–Trinajstić information content (AvgIpc) is 2.80. The Morgan fingerprint density at radius 3 is 2.45 bits per heavy atom. The van der Waals surface area contributed by atoms with Gasteiger partial charge in [0.25, 0.3) is 0 Å². The Morgan fingerprint density at radius 1 is 1.03 bits per heavy atom. The fraction of sp³-hybridized carbons (Fsp3) is 0.240. The number of hydrogen-bond donors (Lipinski definition) is 1. The molecule has 31 heavy (non-hydrogen) atoms. The average molecular weight is 416 g/mol. The molecule has 1 unspecified atom stereocenters. The van der Waals surface area contributed by atoms with Crippen molar-refractivity contribution in [3.8, 4) is 0 Å². The molecule has 0 aliphatic carbocycles. The number of esters is 1. The van der Waals surface area contributed by atoms with E-state index in [0.717, 1.165) is 21.2 Å². The number of benzene rings is 3. The number of imide groups is 1. The molecule has 3 aromatic rings. The molecule has 1 aliphatic heterocycles. The van der Waals surface area contributed by atoms with Crippen LogP contribution in [0, 0.1) is 0 Å². The van der Waals surface area contributed by atoms with Gasteiger partial charge in [-0.15, -0.1) is 0 Å². The first-order valence-corrected chi connectivity index (χ1v) is 10.4. The van der Waals surface area contributed by atoms with Gasteiger partial charge in [0.1, 0.15) is 6.61 Å². The van der Waals surface area contributed by atoms with Crippen LogP contribution in [0.2, 0.25) is 0 Å². The second-order valence-electron chi connectivity index (χ2n) is 7.60. The third-order valence-electron chi connectivity index (χ3n) is 5.56. The van der Waals surface area contributed by atoms with E-state index in [4.69, 9.17) is 4.74 Å². The summed E-state index contributed by atoms with van der Waals surface area (Å²) in [5.41, 5.74) is 1.42. The predicted octanol–water partition coefficient (Wildman–Crippen LogP) is 4.46. The van der Waals surface area contributed by atoms with Crippen molar-refractivity contribution >= 4 is 28.7 Å². The Bertz CT molecular complexity index is 1110. The molecule has 0 radical (unpaired) electrons. The van der Waals surface area contributed by atoms with Crippen LogP contribution in [-0.2, 0) is 9.53 Å². The molecule has 158 valence electrons. The standard InChI is InChI=1S/C25H24N2O4/c1-2-22(18-9-4-3-5-10-18)26-25(30)27-21(15-23(27)28)16-31-24(29)20-13-12-17-8-6-7-11-19(17)14-20/h3-14,21-22H,2,15-16H2,1H3,(H,26,30)/t21?,22-/m1/s1. The number of amides is 3. The molecule has 0 spiro atoms. The summed E-state index contributed by atoms with van der Waals surface area (Å²) in [6.07, 6.45) is 0.875. The molecular weight excluding hydrogens is 392 g/mol. The SMILES string of the molecule is CC[C@@H](NC(=O)N1C(=O)CC1COC(=O)c1ccc2ccccc2c1)c1ccccc1. The van der Waals surface area contributed by atoms with E-state index in [1.54, 1.807) is 12.1 Å². The van der Waals surface area contributed by atoms with Gasteiger partial charge in [0.2, 0.25) is 5.91 Å². The third kappa shape index (κ3) is 4.43. The van der Waals surface area contributed by atoms with Crippen LogP contribution in [-0.4, -0.2) is 35.5 Å². The van der Waals surface area contributed by atoms with Gasteiger partial charge in [-0.25, -0.2) is 9.59 Å². The number of fused-ring (bicyclic) bond motifs is 1. The maximum atomic E-state index is 12.7. The molecule has 4 rings (SSSR count). The van der Waals surface area contributed by atoms with E-state index in [9.17, 15) is 14.4 Å². The maximum absolute atomic E-state index is 12.7. The first kappa shape index (κ1) is 20.6. The number of urea groups is 1. The summed E-state index contributed by atoms with van der Waals surface area (Å²) < 4.78 is 5.41. The van der Waals surface area contributed by atoms with Crippen LogP contribution in [0.4, 0.5) is 4.79 Å². The zero-order chi connectivity index (χ0) is 21.8. The second kappa shape index (κ2) is 9.00. The normalized spacial score (nSPS) is 16.5. The van der Waals surface area contributed by atoms with Gasteiger partial charge in [-0.1, -0.05) is 67.6 Å². The van der Waals surface area contributed by atoms with Gasteiger partial charge in [0.15, 0.2) is 0 Å². The number of rotatable bonds is 6. The summed E-state index contributed by atoms with van der Waals surface area (Å²) in [6.45, 7) is 1.95. The molecule has 1 N–H and O–H groups in total. The molecule has 1 aliphatic rings. The summed E-state index contributed by atoms with van der Waals surface area (Å²) in [6, 6.07) is 21.6. The fourth-order valence-electron chi connectivity index (χ4n) is 3.79. The Morgan fingerprint density at radius 2 is 1.74 bits per heavy atom. The predicted molar refractivity (Wildman–Crippen MR) is 117 cm³/mol. The van der Waals surface area contributed by atoms with Crippen molar-refractivity contribution < 1.29 is 19.1 Å². The molecular formula is C25H24N2O4. The molecule has 0 aromatic heterocycles. The van der Waals surface area contributed by atoms with Gasteiger partial charge in [-0.3, -0.25) is 9.69 Å². The van der Waals surface area contributed by atoms with Crippen LogP contribution < -0.4 is 5.32 Å². The number of hydrogen-bond acceptors (Lipinski definition) is 4. The first-order valence-electron chi connectivity index (χ1n) is 10.4. The lowest BCUT2D eigenvalue weighted by Crippen LogP contribution is -2.60. The van der Waals surface area contributed by atoms with E-state index >= 15 is 0 Å². The van der Waals surface area contributed by atoms with E-state index < -0.39 is 18.0 Å². The first-order chi connectivity index (χ1) is 15.1. The van der Waals surface area contributed by atoms with Crippen LogP contribution in [0.15, 0.2) is 72.8 Å². The van der Waals surface area contributed by atoms with Crippen LogP contribution in [0.5, 0.6) is 0 Å². The van der Waals surface area contributed by atoms with E-state index in [-0.39, 0.29) is 25.0 Å². The van der Waals surface area contributed by atoms with Gasteiger partial charge < -0.3 is 10.1 Å². The molecule has 6 heteroatoms. The maximum Gasteiger partial charge on any atom is 0.338 e. The van der Waals surface area contributed by atoms with Crippen LogP contribution in [0.1, 0.15) is 41.7 Å². The monoisotopic (exact) mass is 416 g/mol. The summed E-state index contributed by atoms with van der Waals surface area (Å²) in [4.78, 5) is 38.4. The summed E-state index contributed by atoms with van der Waals surface area (Å²) >= 11 is 0. The number of likely N-dealkylation sites (tertiary alicyclic amines) is 1. The van der Waals surface area contributed by atoms with E-state index in [1.165, 1.54) is 0 Å². The molecule has 3 amide bonds. The van der Waals surface area contributed by atoms with Gasteiger partial charge in [0.05, 0.1) is 24.1 Å². The van der Waals surface area contributed by atoms with Crippen molar-refractivity contribution in [1.29, 1.82) is 0 Å². The summed E-state index contributed by atoms with van der Waals surface area (Å²) in [7, 11) is 0. The van der Waals surface area contributed by atoms with Crippen LogP contribution in [0.3, 0.4) is 0 Å². The van der Waals surface area contributed by atoms with Gasteiger partial charge >= 0.3 is 12.0 Å². The molecule has 1 heterocycles. The number of carbonyl (C=O) groups is 3. The lowest BCUT2D eigenvalue weighted by Gasteiger charge is -2.38. The molecule has 0 saturated carbocycles. The van der Waals surface area contributed by atoms with Crippen molar-refractivity contribution in [3.63, 3.8) is 0 Å². The number of nitrogens with zero attached hydrogens (tertiary/aromatic N) is 1. The number of ether oxygens (including phenoxy) is 1. The van der Waals surface area contributed by atoms with Crippen molar-refractivity contribution in [3.05, 3.63) is 83.9 Å². The Kier molecular flexibility index (Phi) is 5.98. The van der Waals surface area contributed by atoms with Gasteiger partial charge in [0, 0.05) is 0 Å². The summed E-state index contributed by atoms with van der Waals surface area (Å²) in [5, 5.41) is 4.90. The van der Waals surface area contributed by atoms with Gasteiger partial charge in [-0.05, 0) is 34.9 Å². The molecule has 2 atom stereocenters. The zero-order valence-electron chi connectivity index (χ0n) is 17.3. The molecule has 1 saturated heterocycles. The highest BCUT2D eigenvalue weighted by Gasteiger charge is 2.42. The second-order valence-corrected chi connectivity index (χ2v) is 7.60. The zero-order valence-corrected chi connectivity index (χ0v) is 17.3. The van der Waals surface area contributed by atoms with E-state index in [2.05, 4.69) is 5.32 Å². The van der Waals surface area contributed by atoms with Crippen molar-refractivity contribution in [2.75, 3.05) is 6.61 Å².